The van der Waals surface area contributed by atoms with Gasteiger partial charge in [-0.1, -0.05) is 12.1 Å². The number of anilines is 1. The van der Waals surface area contributed by atoms with Crippen LogP contribution in [0.2, 0.25) is 0 Å². The van der Waals surface area contributed by atoms with Crippen molar-refractivity contribution in [1.82, 2.24) is 5.32 Å². The lowest BCUT2D eigenvalue weighted by atomic mass is 10.1. The molecule has 2 atom stereocenters. The van der Waals surface area contributed by atoms with Crippen LogP contribution in [0.25, 0.3) is 0 Å². The fraction of sp³-hybridized carbons (Fsp3) is 0.471. The average molecular weight is 382 g/mol. The Kier molecular flexibility index (Phi) is 6.36. The number of sulfone groups is 1. The monoisotopic (exact) mass is 382 g/mol. The Bertz CT molecular complexity index is 788. The fourth-order valence-electron chi connectivity index (χ4n) is 2.60. The molecule has 2 rings (SSSR count). The summed E-state index contributed by atoms with van der Waals surface area (Å²) in [4.78, 5) is 34.9. The minimum atomic E-state index is -3.09. The van der Waals surface area contributed by atoms with E-state index in [0.717, 1.165) is 0 Å². The fourth-order valence-corrected chi connectivity index (χ4v) is 4.27. The lowest BCUT2D eigenvalue weighted by molar-refractivity contribution is -0.154. The van der Waals surface area contributed by atoms with Gasteiger partial charge in [0.2, 0.25) is 5.91 Å². The largest absolute Gasteiger partial charge is 0.452 e. The normalized spacial score (nSPS) is 19.4. The van der Waals surface area contributed by atoms with Crippen LogP contribution in [0.3, 0.4) is 0 Å². The first-order chi connectivity index (χ1) is 12.1. The van der Waals surface area contributed by atoms with Crippen molar-refractivity contribution in [1.29, 1.82) is 0 Å². The van der Waals surface area contributed by atoms with Gasteiger partial charge in [-0.2, -0.15) is 0 Å². The third-order valence-corrected chi connectivity index (χ3v) is 5.65. The van der Waals surface area contributed by atoms with E-state index in [1.165, 1.54) is 13.8 Å². The van der Waals surface area contributed by atoms with E-state index in [1.54, 1.807) is 24.3 Å². The molecular weight excluding hydrogens is 360 g/mol. The molecule has 1 aliphatic heterocycles. The van der Waals surface area contributed by atoms with E-state index in [4.69, 9.17) is 4.74 Å². The van der Waals surface area contributed by atoms with Gasteiger partial charge in [0, 0.05) is 18.7 Å². The van der Waals surface area contributed by atoms with Crippen molar-refractivity contribution in [3.63, 3.8) is 0 Å². The molecule has 1 saturated heterocycles. The Labute approximate surface area is 152 Å². The summed E-state index contributed by atoms with van der Waals surface area (Å²) in [6, 6.07) is 6.26. The summed E-state index contributed by atoms with van der Waals surface area (Å²) >= 11 is 0. The molecule has 0 spiro atoms. The van der Waals surface area contributed by atoms with Crippen molar-refractivity contribution in [2.24, 2.45) is 0 Å². The highest BCUT2D eigenvalue weighted by Crippen LogP contribution is 2.13. The first-order valence-corrected chi connectivity index (χ1v) is 10.0. The highest BCUT2D eigenvalue weighted by Gasteiger charge is 2.30. The van der Waals surface area contributed by atoms with Gasteiger partial charge in [0.1, 0.15) is 0 Å². The molecule has 1 aliphatic rings. The van der Waals surface area contributed by atoms with E-state index < -0.39 is 33.9 Å². The van der Waals surface area contributed by atoms with Gasteiger partial charge in [0.15, 0.2) is 15.9 Å². The quantitative estimate of drug-likeness (QED) is 0.689. The van der Waals surface area contributed by atoms with Gasteiger partial charge in [0.05, 0.1) is 17.9 Å². The van der Waals surface area contributed by atoms with Crippen LogP contribution in [0.4, 0.5) is 5.69 Å². The number of amides is 2. The molecule has 0 saturated carbocycles. The molecule has 1 aromatic carbocycles. The van der Waals surface area contributed by atoms with Gasteiger partial charge in [-0.15, -0.1) is 0 Å². The molecule has 142 valence electrons. The van der Waals surface area contributed by atoms with Gasteiger partial charge in [-0.25, -0.2) is 8.42 Å². The van der Waals surface area contributed by atoms with Gasteiger partial charge in [0.25, 0.3) is 5.91 Å². The summed E-state index contributed by atoms with van der Waals surface area (Å²) in [6.45, 7) is 2.84. The maximum atomic E-state index is 12.0. The van der Waals surface area contributed by atoms with Crippen LogP contribution in [-0.4, -0.2) is 49.9 Å². The lowest BCUT2D eigenvalue weighted by Gasteiger charge is -2.16. The zero-order chi connectivity index (χ0) is 19.3. The molecule has 1 aromatic rings. The second kappa shape index (κ2) is 8.31. The van der Waals surface area contributed by atoms with Crippen LogP contribution in [0, 0.1) is 0 Å². The average Bonchev–Trinajstić information content (AvgIpc) is 2.87. The third kappa shape index (κ3) is 6.14. The van der Waals surface area contributed by atoms with Crippen LogP contribution in [0.5, 0.6) is 0 Å². The van der Waals surface area contributed by atoms with Crippen LogP contribution < -0.4 is 10.6 Å². The van der Waals surface area contributed by atoms with E-state index in [1.807, 2.05) is 0 Å². The summed E-state index contributed by atoms with van der Waals surface area (Å²) in [7, 11) is -3.09. The van der Waals surface area contributed by atoms with Crippen molar-refractivity contribution < 1.29 is 27.5 Å². The number of ether oxygens (including phenoxy) is 1. The molecule has 9 heteroatoms. The summed E-state index contributed by atoms with van der Waals surface area (Å²) < 4.78 is 27.9. The van der Waals surface area contributed by atoms with Crippen LogP contribution in [-0.2, 0) is 35.4 Å². The number of benzene rings is 1. The molecule has 26 heavy (non-hydrogen) atoms. The standard InChI is InChI=1S/C17H22N2O6S/c1-11(17(22)19-15-7-8-26(23,24)10-15)25-16(21)9-13-3-5-14(6-4-13)18-12(2)20/h3-6,11,15H,7-10H2,1-2H3,(H,18,20)(H,19,22)/t11-,15-/m1/s1. The van der Waals surface area contributed by atoms with E-state index in [2.05, 4.69) is 10.6 Å². The molecule has 2 N–H and O–H groups in total. The van der Waals surface area contributed by atoms with Crippen molar-refractivity contribution in [3.05, 3.63) is 29.8 Å². The van der Waals surface area contributed by atoms with Crippen molar-refractivity contribution in [2.45, 2.75) is 38.8 Å². The highest BCUT2D eigenvalue weighted by molar-refractivity contribution is 7.91. The second-order valence-corrected chi connectivity index (χ2v) is 8.52. The Morgan fingerprint density at radius 2 is 1.88 bits per heavy atom. The van der Waals surface area contributed by atoms with Gasteiger partial charge >= 0.3 is 5.97 Å². The number of hydrogen-bond donors (Lipinski definition) is 2. The maximum Gasteiger partial charge on any atom is 0.311 e. The lowest BCUT2D eigenvalue weighted by Crippen LogP contribution is -2.42. The van der Waals surface area contributed by atoms with Gasteiger partial charge in [-0.3, -0.25) is 14.4 Å². The SMILES string of the molecule is CC(=O)Nc1ccc(CC(=O)O[C@H](C)C(=O)N[C@@H]2CCS(=O)(=O)C2)cc1. The Balaban J connectivity index is 1.81. The zero-order valence-electron chi connectivity index (χ0n) is 14.7. The van der Waals surface area contributed by atoms with E-state index in [0.29, 0.717) is 17.7 Å². The molecule has 0 aliphatic carbocycles. The number of hydrogen-bond acceptors (Lipinski definition) is 6. The molecule has 0 unspecified atom stereocenters. The minimum Gasteiger partial charge on any atom is -0.452 e. The Hall–Kier alpha value is -2.42. The second-order valence-electron chi connectivity index (χ2n) is 6.30. The van der Waals surface area contributed by atoms with Crippen molar-refractivity contribution in [2.75, 3.05) is 16.8 Å². The Morgan fingerprint density at radius 1 is 1.23 bits per heavy atom. The summed E-state index contributed by atoms with van der Waals surface area (Å²) in [5, 5.41) is 5.22. The molecule has 1 fully saturated rings. The topological polar surface area (TPSA) is 119 Å². The number of carbonyl (C=O) groups is 3. The smallest absolute Gasteiger partial charge is 0.311 e. The molecule has 2 amide bonds. The summed E-state index contributed by atoms with van der Waals surface area (Å²) in [5.74, 6) is -1.30. The summed E-state index contributed by atoms with van der Waals surface area (Å²) in [6.07, 6.45) is -0.657. The molecular formula is C17H22N2O6S. The highest BCUT2D eigenvalue weighted by atomic mass is 32.2. The Morgan fingerprint density at radius 3 is 2.42 bits per heavy atom. The third-order valence-electron chi connectivity index (χ3n) is 3.88. The maximum absolute atomic E-state index is 12.0. The van der Waals surface area contributed by atoms with E-state index in [-0.39, 0.29) is 23.8 Å². The molecule has 0 aromatic heterocycles. The zero-order valence-corrected chi connectivity index (χ0v) is 15.5. The van der Waals surface area contributed by atoms with Crippen LogP contribution in [0.1, 0.15) is 25.8 Å². The predicted molar refractivity (Wildman–Crippen MR) is 95.2 cm³/mol. The molecule has 0 bridgehead atoms. The minimum absolute atomic E-state index is 0.0181. The van der Waals surface area contributed by atoms with E-state index >= 15 is 0 Å². The van der Waals surface area contributed by atoms with Crippen LogP contribution in [0.15, 0.2) is 24.3 Å². The summed E-state index contributed by atoms with van der Waals surface area (Å²) in [5.41, 5.74) is 1.30. The number of nitrogens with one attached hydrogen (secondary N) is 2. The first-order valence-electron chi connectivity index (χ1n) is 8.21. The van der Waals surface area contributed by atoms with Crippen molar-refractivity contribution >= 4 is 33.3 Å². The van der Waals surface area contributed by atoms with E-state index in [9.17, 15) is 22.8 Å². The van der Waals surface area contributed by atoms with Gasteiger partial charge in [-0.05, 0) is 31.0 Å². The number of esters is 1. The number of rotatable bonds is 6. The first kappa shape index (κ1) is 19.9. The molecule has 0 radical (unpaired) electrons. The molecule has 1 heterocycles. The molecule has 8 nitrogen and oxygen atoms in total. The predicted octanol–water partition coefficient (Wildman–Crippen LogP) is 0.423. The number of carbonyl (C=O) groups excluding carboxylic acids is 3. The van der Waals surface area contributed by atoms with Crippen LogP contribution >= 0.6 is 0 Å². The van der Waals surface area contributed by atoms with Gasteiger partial charge < -0.3 is 15.4 Å². The van der Waals surface area contributed by atoms with Crippen molar-refractivity contribution in [3.8, 4) is 0 Å².